The maximum absolute atomic E-state index is 12.6. The maximum Gasteiger partial charge on any atom is 0.257 e. The van der Waals surface area contributed by atoms with Gasteiger partial charge in [-0.25, -0.2) is 0 Å². The molecular weight excluding hydrogens is 228 g/mol. The van der Waals surface area contributed by atoms with E-state index in [0.29, 0.717) is 0 Å². The molecule has 1 fully saturated rings. The van der Waals surface area contributed by atoms with E-state index in [1.165, 1.54) is 0 Å². The molecule has 0 atom stereocenters. The molecule has 1 saturated heterocycles. The fourth-order valence-corrected chi connectivity index (χ4v) is 2.58. The predicted molar refractivity (Wildman–Crippen MR) is 70.9 cm³/mol. The van der Waals surface area contributed by atoms with Crippen LogP contribution in [0.5, 0.6) is 0 Å². The van der Waals surface area contributed by atoms with Crippen molar-refractivity contribution in [1.82, 2.24) is 10.2 Å². The van der Waals surface area contributed by atoms with Gasteiger partial charge in [0.05, 0.1) is 5.56 Å². The number of nitrogens with zero attached hydrogens (tertiary/aromatic N) is 1. The van der Waals surface area contributed by atoms with Crippen molar-refractivity contribution in [3.8, 4) is 0 Å². The van der Waals surface area contributed by atoms with Crippen molar-refractivity contribution < 1.29 is 9.21 Å². The Labute approximate surface area is 108 Å². The first kappa shape index (κ1) is 13.1. The second-order valence-corrected chi connectivity index (χ2v) is 5.75. The topological polar surface area (TPSA) is 45.5 Å². The van der Waals surface area contributed by atoms with Crippen LogP contribution in [0.15, 0.2) is 4.42 Å². The number of carbonyl (C=O) groups excluding carboxylic acids is 1. The fraction of sp³-hybridized carbons (Fsp3) is 0.643. The maximum atomic E-state index is 12.6. The van der Waals surface area contributed by atoms with Gasteiger partial charge in [-0.15, -0.1) is 0 Å². The van der Waals surface area contributed by atoms with Gasteiger partial charge in [-0.3, -0.25) is 4.79 Å². The van der Waals surface area contributed by atoms with Crippen molar-refractivity contribution in [2.75, 3.05) is 19.6 Å². The van der Waals surface area contributed by atoms with E-state index >= 15 is 0 Å². The number of nitrogens with one attached hydrogen (secondary N) is 1. The average molecular weight is 250 g/mol. The highest BCUT2D eigenvalue weighted by molar-refractivity contribution is 5.97. The molecule has 0 spiro atoms. The summed E-state index contributed by atoms with van der Waals surface area (Å²) >= 11 is 0. The molecule has 18 heavy (non-hydrogen) atoms. The van der Waals surface area contributed by atoms with Crippen LogP contribution < -0.4 is 5.32 Å². The summed E-state index contributed by atoms with van der Waals surface area (Å²) in [5, 5.41) is 3.41. The molecule has 4 heteroatoms. The first-order chi connectivity index (χ1) is 8.32. The zero-order chi connectivity index (χ0) is 13.5. The van der Waals surface area contributed by atoms with Crippen LogP contribution in [0, 0.1) is 20.8 Å². The van der Waals surface area contributed by atoms with Crippen molar-refractivity contribution in [3.63, 3.8) is 0 Å². The number of hydrogen-bond acceptors (Lipinski definition) is 3. The zero-order valence-electron chi connectivity index (χ0n) is 11.9. The van der Waals surface area contributed by atoms with Gasteiger partial charge in [0.2, 0.25) is 0 Å². The number of aryl methyl sites for hydroxylation is 2. The van der Waals surface area contributed by atoms with E-state index in [1.54, 1.807) is 0 Å². The van der Waals surface area contributed by atoms with Crippen LogP contribution in [0.4, 0.5) is 0 Å². The summed E-state index contributed by atoms with van der Waals surface area (Å²) in [5.41, 5.74) is 1.69. The number of furan rings is 1. The smallest absolute Gasteiger partial charge is 0.257 e. The Balaban J connectivity index is 2.26. The molecule has 1 amide bonds. The summed E-state index contributed by atoms with van der Waals surface area (Å²) in [6.07, 6.45) is 0. The SMILES string of the molecule is Cc1oc(C)c(C(=O)N2CCNC(C)(C)C2)c1C. The summed E-state index contributed by atoms with van der Waals surface area (Å²) in [7, 11) is 0. The van der Waals surface area contributed by atoms with Gasteiger partial charge in [0.25, 0.3) is 5.91 Å². The molecule has 1 aromatic heterocycles. The summed E-state index contributed by atoms with van der Waals surface area (Å²) in [5.74, 6) is 1.66. The standard InChI is InChI=1S/C14H22N2O2/c1-9-10(2)18-11(3)12(9)13(17)16-7-6-15-14(4,5)8-16/h15H,6-8H2,1-5H3. The van der Waals surface area contributed by atoms with Crippen LogP contribution in [0.3, 0.4) is 0 Å². The summed E-state index contributed by atoms with van der Waals surface area (Å²) < 4.78 is 5.55. The van der Waals surface area contributed by atoms with E-state index in [9.17, 15) is 4.79 Å². The molecule has 0 aromatic carbocycles. The lowest BCUT2D eigenvalue weighted by molar-refractivity contribution is 0.0649. The monoisotopic (exact) mass is 250 g/mol. The van der Waals surface area contributed by atoms with E-state index in [2.05, 4.69) is 19.2 Å². The number of carbonyl (C=O) groups is 1. The van der Waals surface area contributed by atoms with Crippen molar-refractivity contribution >= 4 is 5.91 Å². The summed E-state index contributed by atoms with van der Waals surface area (Å²) in [6.45, 7) is 12.3. The highest BCUT2D eigenvalue weighted by Gasteiger charge is 2.31. The van der Waals surface area contributed by atoms with Crippen molar-refractivity contribution in [2.45, 2.75) is 40.2 Å². The minimum absolute atomic E-state index is 0.0193. The first-order valence-corrected chi connectivity index (χ1v) is 6.43. The lowest BCUT2D eigenvalue weighted by Crippen LogP contribution is -2.58. The summed E-state index contributed by atoms with van der Waals surface area (Å²) in [6, 6.07) is 0. The number of piperazine rings is 1. The van der Waals surface area contributed by atoms with Gasteiger partial charge >= 0.3 is 0 Å². The number of amides is 1. The normalized spacial score (nSPS) is 19.1. The molecule has 0 radical (unpaired) electrons. The quantitative estimate of drug-likeness (QED) is 0.829. The van der Waals surface area contributed by atoms with Crippen LogP contribution in [0.1, 0.15) is 41.3 Å². The number of rotatable bonds is 1. The molecule has 1 aliphatic rings. The second-order valence-electron chi connectivity index (χ2n) is 5.75. The third-order valence-corrected chi connectivity index (χ3v) is 3.63. The highest BCUT2D eigenvalue weighted by atomic mass is 16.3. The van der Waals surface area contributed by atoms with Crippen LogP contribution in [-0.4, -0.2) is 36.0 Å². The van der Waals surface area contributed by atoms with Crippen molar-refractivity contribution in [3.05, 3.63) is 22.6 Å². The molecule has 2 heterocycles. The van der Waals surface area contributed by atoms with Crippen LogP contribution in [0.25, 0.3) is 0 Å². The fourth-order valence-electron chi connectivity index (χ4n) is 2.58. The molecule has 1 aromatic rings. The van der Waals surface area contributed by atoms with Crippen LogP contribution in [-0.2, 0) is 0 Å². The third-order valence-electron chi connectivity index (χ3n) is 3.63. The third kappa shape index (κ3) is 2.29. The van der Waals surface area contributed by atoms with Crippen LogP contribution >= 0.6 is 0 Å². The molecule has 0 saturated carbocycles. The Morgan fingerprint density at radius 1 is 1.28 bits per heavy atom. The molecule has 100 valence electrons. The summed E-state index contributed by atoms with van der Waals surface area (Å²) in [4.78, 5) is 14.5. The van der Waals surface area contributed by atoms with Gasteiger partial charge in [0.15, 0.2) is 0 Å². The molecule has 0 bridgehead atoms. The van der Waals surface area contributed by atoms with Gasteiger partial charge < -0.3 is 14.6 Å². The van der Waals surface area contributed by atoms with Gasteiger partial charge in [-0.05, 0) is 34.6 Å². The molecule has 1 aliphatic heterocycles. The van der Waals surface area contributed by atoms with E-state index < -0.39 is 0 Å². The molecule has 0 aliphatic carbocycles. The molecule has 0 unspecified atom stereocenters. The van der Waals surface area contributed by atoms with Gasteiger partial charge in [0.1, 0.15) is 11.5 Å². The van der Waals surface area contributed by atoms with E-state index in [0.717, 1.165) is 42.3 Å². The van der Waals surface area contributed by atoms with Gasteiger partial charge in [-0.2, -0.15) is 0 Å². The minimum Gasteiger partial charge on any atom is -0.466 e. The Kier molecular flexibility index (Phi) is 3.23. The average Bonchev–Trinajstić information content (AvgIpc) is 2.51. The van der Waals surface area contributed by atoms with E-state index in [4.69, 9.17) is 4.42 Å². The molecule has 4 nitrogen and oxygen atoms in total. The predicted octanol–water partition coefficient (Wildman–Crippen LogP) is 2.03. The van der Waals surface area contributed by atoms with Gasteiger partial charge in [-0.1, -0.05) is 0 Å². The Hall–Kier alpha value is -1.29. The van der Waals surface area contributed by atoms with Crippen molar-refractivity contribution in [1.29, 1.82) is 0 Å². The largest absolute Gasteiger partial charge is 0.466 e. The minimum atomic E-state index is -0.0193. The number of hydrogen-bond donors (Lipinski definition) is 1. The lowest BCUT2D eigenvalue weighted by atomic mass is 10.0. The second kappa shape index (κ2) is 4.43. The van der Waals surface area contributed by atoms with E-state index in [1.807, 2.05) is 25.7 Å². The lowest BCUT2D eigenvalue weighted by Gasteiger charge is -2.39. The van der Waals surface area contributed by atoms with Gasteiger partial charge in [0, 0.05) is 30.7 Å². The van der Waals surface area contributed by atoms with Crippen molar-refractivity contribution in [2.24, 2.45) is 0 Å². The zero-order valence-corrected chi connectivity index (χ0v) is 11.9. The molecule has 2 rings (SSSR count). The highest BCUT2D eigenvalue weighted by Crippen LogP contribution is 2.23. The van der Waals surface area contributed by atoms with E-state index in [-0.39, 0.29) is 11.4 Å². The molecular formula is C14H22N2O2. The first-order valence-electron chi connectivity index (χ1n) is 6.43. The Bertz CT molecular complexity index is 474. The Morgan fingerprint density at radius 2 is 1.94 bits per heavy atom. The van der Waals surface area contributed by atoms with Crippen LogP contribution in [0.2, 0.25) is 0 Å². The molecule has 1 N–H and O–H groups in total. The Morgan fingerprint density at radius 3 is 2.44 bits per heavy atom.